The molecule has 5 nitrogen and oxygen atoms in total. The molecule has 0 saturated heterocycles. The topological polar surface area (TPSA) is 48.5 Å². The Morgan fingerprint density at radius 3 is 2.55 bits per heavy atom. The quantitative estimate of drug-likeness (QED) is 0.684. The van der Waals surface area contributed by atoms with Gasteiger partial charge in [-0.3, -0.25) is 4.90 Å². The zero-order chi connectivity index (χ0) is 20.4. The highest BCUT2D eigenvalue weighted by atomic mass is 16.2. The van der Waals surface area contributed by atoms with Crippen molar-refractivity contribution in [2.75, 3.05) is 28.2 Å². The number of hydrogen-bond acceptors (Lipinski definition) is 3. The molecule has 0 saturated carbocycles. The molecule has 0 aliphatic carbocycles. The van der Waals surface area contributed by atoms with Crippen molar-refractivity contribution in [3.8, 4) is 0 Å². The predicted molar refractivity (Wildman–Crippen MR) is 119 cm³/mol. The van der Waals surface area contributed by atoms with E-state index in [0.717, 1.165) is 35.8 Å². The Morgan fingerprint density at radius 1 is 1.00 bits per heavy atom. The van der Waals surface area contributed by atoms with Crippen LogP contribution in [0, 0.1) is 20.8 Å². The Morgan fingerprint density at radius 2 is 1.79 bits per heavy atom. The van der Waals surface area contributed by atoms with Crippen LogP contribution in [-0.2, 0) is 6.54 Å². The lowest BCUT2D eigenvalue weighted by molar-refractivity contribution is 0.256. The monoisotopic (exact) mass is 386 g/mol. The van der Waals surface area contributed by atoms with Gasteiger partial charge in [-0.2, -0.15) is 0 Å². The van der Waals surface area contributed by atoms with Gasteiger partial charge in [0.2, 0.25) is 0 Å². The van der Waals surface area contributed by atoms with Crippen molar-refractivity contribution in [3.05, 3.63) is 83.0 Å². The molecule has 29 heavy (non-hydrogen) atoms. The summed E-state index contributed by atoms with van der Waals surface area (Å²) in [6.45, 7) is 8.33. The van der Waals surface area contributed by atoms with Gasteiger partial charge in [-0.1, -0.05) is 35.9 Å². The Bertz CT molecular complexity index is 1030. The molecule has 148 valence electrons. The smallest absolute Gasteiger partial charge is 0.326 e. The summed E-state index contributed by atoms with van der Waals surface area (Å²) in [5.74, 6) is 0.842. The van der Waals surface area contributed by atoms with Gasteiger partial charge in [-0.15, -0.1) is 0 Å². The van der Waals surface area contributed by atoms with E-state index in [9.17, 15) is 4.79 Å². The van der Waals surface area contributed by atoms with Gasteiger partial charge >= 0.3 is 6.03 Å². The summed E-state index contributed by atoms with van der Waals surface area (Å²) in [5, 5.41) is 3.03. The number of carbonyl (C=O) groups is 1. The minimum absolute atomic E-state index is 0.127. The van der Waals surface area contributed by atoms with E-state index < -0.39 is 0 Å². The number of aryl methyl sites for hydroxylation is 3. The van der Waals surface area contributed by atoms with Crippen LogP contribution in [0.3, 0.4) is 0 Å². The van der Waals surface area contributed by atoms with E-state index in [0.29, 0.717) is 6.54 Å². The molecule has 2 heterocycles. The standard InChI is InChI=1S/C24H26N4O/c1-17-6-9-20(10-7-17)16-27-13-14-28(22-5-4-12-25-23(22)27)24(29)26-21-11-8-18(2)19(3)15-21/h4-12,15H,13-14,16H2,1-3H3,(H,26,29). The molecule has 0 atom stereocenters. The van der Waals surface area contributed by atoms with Crippen molar-refractivity contribution in [1.82, 2.24) is 4.98 Å². The molecule has 0 bridgehead atoms. The van der Waals surface area contributed by atoms with Crippen LogP contribution in [0.1, 0.15) is 22.3 Å². The number of aromatic nitrogens is 1. The minimum atomic E-state index is -0.127. The number of carbonyl (C=O) groups excluding carboxylic acids is 1. The van der Waals surface area contributed by atoms with Crippen LogP contribution in [0.4, 0.5) is 22.0 Å². The van der Waals surface area contributed by atoms with E-state index in [2.05, 4.69) is 53.3 Å². The normalized spacial score (nSPS) is 13.2. The molecule has 4 rings (SSSR count). The van der Waals surface area contributed by atoms with Gasteiger partial charge in [-0.25, -0.2) is 9.78 Å². The molecule has 0 unspecified atom stereocenters. The summed E-state index contributed by atoms with van der Waals surface area (Å²) in [5.41, 5.74) is 6.51. The van der Waals surface area contributed by atoms with E-state index in [-0.39, 0.29) is 6.03 Å². The highest BCUT2D eigenvalue weighted by molar-refractivity contribution is 6.04. The first-order valence-electron chi connectivity index (χ1n) is 9.92. The maximum atomic E-state index is 13.0. The highest BCUT2D eigenvalue weighted by Crippen LogP contribution is 2.32. The predicted octanol–water partition coefficient (Wildman–Crippen LogP) is 5.07. The Kier molecular flexibility index (Phi) is 5.21. The summed E-state index contributed by atoms with van der Waals surface area (Å²) in [6.07, 6.45) is 1.78. The van der Waals surface area contributed by atoms with Crippen LogP contribution in [0.5, 0.6) is 0 Å². The van der Waals surface area contributed by atoms with Gasteiger partial charge in [-0.05, 0) is 61.7 Å². The van der Waals surface area contributed by atoms with Crippen molar-refractivity contribution in [3.63, 3.8) is 0 Å². The van der Waals surface area contributed by atoms with Crippen molar-refractivity contribution < 1.29 is 4.79 Å². The van der Waals surface area contributed by atoms with Gasteiger partial charge < -0.3 is 10.2 Å². The second-order valence-corrected chi connectivity index (χ2v) is 7.63. The number of nitrogens with one attached hydrogen (secondary N) is 1. The summed E-state index contributed by atoms with van der Waals surface area (Å²) in [6, 6.07) is 18.2. The van der Waals surface area contributed by atoms with E-state index in [1.54, 1.807) is 11.1 Å². The molecule has 3 aromatic rings. The molecule has 1 aliphatic rings. The number of hydrogen-bond donors (Lipinski definition) is 1. The van der Waals surface area contributed by atoms with E-state index >= 15 is 0 Å². The lowest BCUT2D eigenvalue weighted by Gasteiger charge is -2.36. The number of pyridine rings is 1. The van der Waals surface area contributed by atoms with Crippen molar-refractivity contribution in [2.24, 2.45) is 0 Å². The molecule has 5 heteroatoms. The molecule has 2 amide bonds. The zero-order valence-electron chi connectivity index (χ0n) is 17.1. The first-order valence-corrected chi connectivity index (χ1v) is 9.92. The van der Waals surface area contributed by atoms with Crippen molar-refractivity contribution >= 4 is 23.2 Å². The number of nitrogens with zero attached hydrogens (tertiary/aromatic N) is 3. The summed E-state index contributed by atoms with van der Waals surface area (Å²) >= 11 is 0. The average molecular weight is 386 g/mol. The third-order valence-corrected chi connectivity index (χ3v) is 5.45. The first kappa shape index (κ1) is 19.0. The third kappa shape index (κ3) is 4.09. The van der Waals surface area contributed by atoms with Gasteiger partial charge in [0.25, 0.3) is 0 Å². The zero-order valence-corrected chi connectivity index (χ0v) is 17.1. The van der Waals surface area contributed by atoms with E-state index in [1.165, 1.54) is 16.7 Å². The number of fused-ring (bicyclic) bond motifs is 1. The Hall–Kier alpha value is -3.34. The molecule has 1 aromatic heterocycles. The molecule has 0 radical (unpaired) electrons. The summed E-state index contributed by atoms with van der Waals surface area (Å²) in [4.78, 5) is 21.6. The maximum absolute atomic E-state index is 13.0. The number of urea groups is 1. The van der Waals surface area contributed by atoms with Gasteiger partial charge in [0.05, 0.1) is 5.69 Å². The number of rotatable bonds is 3. The number of benzene rings is 2. The van der Waals surface area contributed by atoms with Crippen molar-refractivity contribution in [2.45, 2.75) is 27.3 Å². The molecular formula is C24H26N4O. The van der Waals surface area contributed by atoms with E-state index in [1.807, 2.05) is 37.3 Å². The molecule has 0 spiro atoms. The molecule has 1 N–H and O–H groups in total. The van der Waals surface area contributed by atoms with Crippen LogP contribution in [0.15, 0.2) is 60.8 Å². The van der Waals surface area contributed by atoms with Gasteiger partial charge in [0.15, 0.2) is 5.82 Å². The van der Waals surface area contributed by atoms with Crippen LogP contribution in [0.2, 0.25) is 0 Å². The number of anilines is 3. The van der Waals surface area contributed by atoms with E-state index in [4.69, 9.17) is 0 Å². The Balaban J connectivity index is 1.55. The van der Waals surface area contributed by atoms with Crippen LogP contribution in [0.25, 0.3) is 0 Å². The molecule has 2 aromatic carbocycles. The largest absolute Gasteiger partial charge is 0.349 e. The fourth-order valence-corrected chi connectivity index (χ4v) is 3.58. The Labute approximate surface area is 172 Å². The highest BCUT2D eigenvalue weighted by Gasteiger charge is 2.27. The van der Waals surface area contributed by atoms with Crippen LogP contribution in [-0.4, -0.2) is 24.1 Å². The van der Waals surface area contributed by atoms with Crippen LogP contribution < -0.4 is 15.1 Å². The van der Waals surface area contributed by atoms with Crippen molar-refractivity contribution in [1.29, 1.82) is 0 Å². The first-order chi connectivity index (χ1) is 14.0. The fourth-order valence-electron chi connectivity index (χ4n) is 3.58. The minimum Gasteiger partial charge on any atom is -0.349 e. The second kappa shape index (κ2) is 7.95. The lowest BCUT2D eigenvalue weighted by atomic mass is 10.1. The summed E-state index contributed by atoms with van der Waals surface area (Å²) < 4.78 is 0. The fraction of sp³-hybridized carbons (Fsp3) is 0.250. The van der Waals surface area contributed by atoms with Crippen LogP contribution >= 0.6 is 0 Å². The SMILES string of the molecule is Cc1ccc(CN2CCN(C(=O)Nc3ccc(C)c(C)c3)c3cccnc32)cc1. The second-order valence-electron chi connectivity index (χ2n) is 7.63. The summed E-state index contributed by atoms with van der Waals surface area (Å²) in [7, 11) is 0. The number of amides is 2. The third-order valence-electron chi connectivity index (χ3n) is 5.45. The molecule has 1 aliphatic heterocycles. The lowest BCUT2D eigenvalue weighted by Crippen LogP contribution is -2.46. The molecule has 0 fully saturated rings. The average Bonchev–Trinajstić information content (AvgIpc) is 2.72. The maximum Gasteiger partial charge on any atom is 0.326 e. The molecular weight excluding hydrogens is 360 g/mol. The van der Waals surface area contributed by atoms with Gasteiger partial charge in [0, 0.05) is 31.5 Å². The van der Waals surface area contributed by atoms with Gasteiger partial charge in [0.1, 0.15) is 0 Å².